The summed E-state index contributed by atoms with van der Waals surface area (Å²) in [7, 11) is 0. The summed E-state index contributed by atoms with van der Waals surface area (Å²) in [5.74, 6) is 0. The fourth-order valence-electron chi connectivity index (χ4n) is 1.81. The van der Waals surface area contributed by atoms with Gasteiger partial charge in [0.2, 0.25) is 0 Å². The van der Waals surface area contributed by atoms with E-state index in [1.165, 1.54) is 0 Å². The molecule has 0 aromatic carbocycles. The number of aliphatic hydroxyl groups excluding tert-OH is 1. The highest BCUT2D eigenvalue weighted by molar-refractivity contribution is 4.82. The molecule has 0 aliphatic carbocycles. The van der Waals surface area contributed by atoms with Gasteiger partial charge in [0.15, 0.2) is 0 Å². The van der Waals surface area contributed by atoms with E-state index in [0.29, 0.717) is 18.2 Å². The van der Waals surface area contributed by atoms with Gasteiger partial charge in [-0.25, -0.2) is 0 Å². The molecule has 0 saturated carbocycles. The van der Waals surface area contributed by atoms with E-state index in [0.717, 1.165) is 25.9 Å². The molecule has 1 saturated heterocycles. The van der Waals surface area contributed by atoms with Crippen LogP contribution in [0, 0.1) is 0 Å². The normalized spacial score (nSPS) is 30.7. The Bertz CT molecular complexity index is 141. The molecule has 0 aromatic rings. The highest BCUT2D eigenvalue weighted by atomic mass is 16.5. The fraction of sp³-hybridized carbons (Fsp3) is 1.00. The van der Waals surface area contributed by atoms with Gasteiger partial charge in [-0.2, -0.15) is 0 Å². The van der Waals surface area contributed by atoms with E-state index in [1.54, 1.807) is 0 Å². The van der Waals surface area contributed by atoms with Crippen LogP contribution in [0.4, 0.5) is 0 Å². The molecule has 0 bridgehead atoms. The molecule has 1 aliphatic heterocycles. The molecule has 3 unspecified atom stereocenters. The van der Waals surface area contributed by atoms with Crippen molar-refractivity contribution in [2.24, 2.45) is 0 Å². The molecule has 3 heteroatoms. The summed E-state index contributed by atoms with van der Waals surface area (Å²) in [4.78, 5) is 0. The van der Waals surface area contributed by atoms with Crippen LogP contribution in [0.5, 0.6) is 0 Å². The van der Waals surface area contributed by atoms with Crippen LogP contribution in [0.1, 0.15) is 33.1 Å². The van der Waals surface area contributed by atoms with Gasteiger partial charge in [-0.3, -0.25) is 0 Å². The van der Waals surface area contributed by atoms with Crippen LogP contribution in [-0.2, 0) is 4.74 Å². The Labute approximate surface area is 80.5 Å². The largest absolute Gasteiger partial charge is 0.396 e. The van der Waals surface area contributed by atoms with Crippen molar-refractivity contribution in [3.63, 3.8) is 0 Å². The molecule has 78 valence electrons. The second-order valence-corrected chi connectivity index (χ2v) is 3.76. The van der Waals surface area contributed by atoms with E-state index < -0.39 is 0 Å². The Morgan fingerprint density at radius 3 is 2.85 bits per heavy atom. The van der Waals surface area contributed by atoms with Gasteiger partial charge in [-0.15, -0.1) is 0 Å². The number of aliphatic hydroxyl groups is 1. The number of hydrogen-bond acceptors (Lipinski definition) is 3. The van der Waals surface area contributed by atoms with Gasteiger partial charge in [-0.1, -0.05) is 6.92 Å². The molecule has 2 N–H and O–H groups in total. The standard InChI is InChI=1S/C10H21NO2/c1-3-9(4-6-12)11-10-5-7-13-8(10)2/h8-12H,3-7H2,1-2H3. The summed E-state index contributed by atoms with van der Waals surface area (Å²) in [5, 5.41) is 12.4. The van der Waals surface area contributed by atoms with Crippen molar-refractivity contribution < 1.29 is 9.84 Å². The molecule has 1 aliphatic rings. The zero-order chi connectivity index (χ0) is 9.68. The lowest BCUT2D eigenvalue weighted by molar-refractivity contribution is 0.109. The van der Waals surface area contributed by atoms with Crippen molar-refractivity contribution in [1.82, 2.24) is 5.32 Å². The third kappa shape index (κ3) is 3.25. The molecule has 3 nitrogen and oxygen atoms in total. The minimum Gasteiger partial charge on any atom is -0.396 e. The maximum atomic E-state index is 8.84. The second kappa shape index (κ2) is 5.58. The highest BCUT2D eigenvalue weighted by Crippen LogP contribution is 2.14. The smallest absolute Gasteiger partial charge is 0.0700 e. The first kappa shape index (κ1) is 11.0. The van der Waals surface area contributed by atoms with Crippen LogP contribution in [0.2, 0.25) is 0 Å². The quantitative estimate of drug-likeness (QED) is 0.672. The van der Waals surface area contributed by atoms with Crippen LogP contribution in [0.3, 0.4) is 0 Å². The summed E-state index contributed by atoms with van der Waals surface area (Å²) >= 11 is 0. The molecular weight excluding hydrogens is 166 g/mol. The predicted octanol–water partition coefficient (Wildman–Crippen LogP) is 0.914. The van der Waals surface area contributed by atoms with Crippen molar-refractivity contribution in [2.45, 2.75) is 51.3 Å². The summed E-state index contributed by atoms with van der Waals surface area (Å²) < 4.78 is 5.46. The molecule has 13 heavy (non-hydrogen) atoms. The van der Waals surface area contributed by atoms with Crippen molar-refractivity contribution in [1.29, 1.82) is 0 Å². The monoisotopic (exact) mass is 187 g/mol. The molecule has 0 radical (unpaired) electrons. The molecular formula is C10H21NO2. The molecule has 0 spiro atoms. The van der Waals surface area contributed by atoms with Crippen LogP contribution in [-0.4, -0.2) is 36.5 Å². The minimum absolute atomic E-state index is 0.271. The number of ether oxygens (including phenoxy) is 1. The van der Waals surface area contributed by atoms with Gasteiger partial charge < -0.3 is 15.2 Å². The third-order valence-corrected chi connectivity index (χ3v) is 2.80. The van der Waals surface area contributed by atoms with Crippen LogP contribution >= 0.6 is 0 Å². The van der Waals surface area contributed by atoms with E-state index in [4.69, 9.17) is 9.84 Å². The lowest BCUT2D eigenvalue weighted by Crippen LogP contribution is -2.42. The summed E-state index contributed by atoms with van der Waals surface area (Å²) in [5.41, 5.74) is 0. The summed E-state index contributed by atoms with van der Waals surface area (Å²) in [6.07, 6.45) is 3.35. The molecule has 1 heterocycles. The second-order valence-electron chi connectivity index (χ2n) is 3.76. The van der Waals surface area contributed by atoms with E-state index in [1.807, 2.05) is 0 Å². The van der Waals surface area contributed by atoms with E-state index in [9.17, 15) is 0 Å². The average Bonchev–Trinajstić information content (AvgIpc) is 2.51. The lowest BCUT2D eigenvalue weighted by atomic mass is 10.1. The van der Waals surface area contributed by atoms with Gasteiger partial charge in [0.05, 0.1) is 6.10 Å². The van der Waals surface area contributed by atoms with Crippen LogP contribution in [0.15, 0.2) is 0 Å². The zero-order valence-electron chi connectivity index (χ0n) is 8.62. The van der Waals surface area contributed by atoms with Gasteiger partial charge in [0, 0.05) is 25.3 Å². The Hall–Kier alpha value is -0.120. The van der Waals surface area contributed by atoms with Crippen molar-refractivity contribution in [3.05, 3.63) is 0 Å². The highest BCUT2D eigenvalue weighted by Gasteiger charge is 2.25. The van der Waals surface area contributed by atoms with Crippen molar-refractivity contribution in [2.75, 3.05) is 13.2 Å². The number of hydrogen-bond donors (Lipinski definition) is 2. The predicted molar refractivity (Wildman–Crippen MR) is 52.7 cm³/mol. The van der Waals surface area contributed by atoms with Gasteiger partial charge in [0.1, 0.15) is 0 Å². The molecule has 1 fully saturated rings. The summed E-state index contributed by atoms with van der Waals surface area (Å²) in [6, 6.07) is 0.927. The Balaban J connectivity index is 2.27. The minimum atomic E-state index is 0.271. The SMILES string of the molecule is CCC(CCO)NC1CCOC1C. The number of rotatable bonds is 5. The molecule has 0 aromatic heterocycles. The van der Waals surface area contributed by atoms with E-state index in [2.05, 4.69) is 19.2 Å². The maximum absolute atomic E-state index is 8.84. The van der Waals surface area contributed by atoms with Crippen LogP contribution < -0.4 is 5.32 Å². The average molecular weight is 187 g/mol. The first-order valence-corrected chi connectivity index (χ1v) is 5.26. The van der Waals surface area contributed by atoms with E-state index >= 15 is 0 Å². The van der Waals surface area contributed by atoms with Crippen molar-refractivity contribution in [3.8, 4) is 0 Å². The van der Waals surface area contributed by atoms with Gasteiger partial charge >= 0.3 is 0 Å². The zero-order valence-corrected chi connectivity index (χ0v) is 8.62. The first-order chi connectivity index (χ1) is 6.27. The van der Waals surface area contributed by atoms with Crippen LogP contribution in [0.25, 0.3) is 0 Å². The van der Waals surface area contributed by atoms with Gasteiger partial charge in [-0.05, 0) is 26.2 Å². The van der Waals surface area contributed by atoms with Gasteiger partial charge in [0.25, 0.3) is 0 Å². The molecule has 0 amide bonds. The third-order valence-electron chi connectivity index (χ3n) is 2.80. The Morgan fingerprint density at radius 2 is 2.38 bits per heavy atom. The fourth-order valence-corrected chi connectivity index (χ4v) is 1.81. The Kier molecular flexibility index (Phi) is 4.70. The first-order valence-electron chi connectivity index (χ1n) is 5.26. The number of nitrogens with one attached hydrogen (secondary N) is 1. The summed E-state index contributed by atoms with van der Waals surface area (Å²) in [6.45, 7) is 5.39. The topological polar surface area (TPSA) is 41.5 Å². The Morgan fingerprint density at radius 1 is 1.62 bits per heavy atom. The molecule has 3 atom stereocenters. The van der Waals surface area contributed by atoms with E-state index in [-0.39, 0.29) is 6.61 Å². The maximum Gasteiger partial charge on any atom is 0.0700 e. The molecule has 1 rings (SSSR count). The van der Waals surface area contributed by atoms with Crippen molar-refractivity contribution >= 4 is 0 Å². The lowest BCUT2D eigenvalue weighted by Gasteiger charge is -2.23.